The molecule has 31 heavy (non-hydrogen) atoms. The molecule has 2 aliphatic rings. The molecule has 2 fully saturated rings. The van der Waals surface area contributed by atoms with E-state index in [1.807, 2.05) is 24.5 Å². The zero-order valence-corrected chi connectivity index (χ0v) is 18.8. The van der Waals surface area contributed by atoms with Crippen LogP contribution in [0.2, 0.25) is 0 Å². The van der Waals surface area contributed by atoms with Gasteiger partial charge in [0.2, 0.25) is 0 Å². The Hall–Kier alpha value is -1.98. The second-order valence-corrected chi connectivity index (χ2v) is 9.28. The predicted octanol–water partition coefficient (Wildman–Crippen LogP) is 5.28. The van der Waals surface area contributed by atoms with Gasteiger partial charge in [0, 0.05) is 56.2 Å². The number of likely N-dealkylation sites (tertiary alicyclic amines) is 1. The van der Waals surface area contributed by atoms with Gasteiger partial charge in [-0.2, -0.15) is 0 Å². The summed E-state index contributed by atoms with van der Waals surface area (Å²) in [6, 6.07) is 9.81. The monoisotopic (exact) mass is 425 g/mol. The summed E-state index contributed by atoms with van der Waals surface area (Å²) in [6.45, 7) is 5.09. The summed E-state index contributed by atoms with van der Waals surface area (Å²) in [5.41, 5.74) is 2.25. The maximum absolute atomic E-state index is 13.7. The van der Waals surface area contributed by atoms with Gasteiger partial charge >= 0.3 is 0 Å². The SMILES string of the molecule is COc1cc(F)ccc1CN(Cc1cccnc1)CC1CCCN(C2CCCCC2)C1. The molecule has 1 aromatic carbocycles. The van der Waals surface area contributed by atoms with Crippen LogP contribution in [0.25, 0.3) is 0 Å². The molecule has 1 atom stereocenters. The Morgan fingerprint density at radius 3 is 2.74 bits per heavy atom. The summed E-state index contributed by atoms with van der Waals surface area (Å²) < 4.78 is 19.2. The molecule has 2 aromatic rings. The van der Waals surface area contributed by atoms with E-state index in [9.17, 15) is 4.39 Å². The number of aromatic nitrogens is 1. The summed E-state index contributed by atoms with van der Waals surface area (Å²) in [7, 11) is 1.62. The third kappa shape index (κ3) is 6.27. The minimum Gasteiger partial charge on any atom is -0.496 e. The second kappa shape index (κ2) is 11.1. The van der Waals surface area contributed by atoms with E-state index in [0.717, 1.165) is 31.2 Å². The number of pyridine rings is 1. The van der Waals surface area contributed by atoms with Gasteiger partial charge in [-0.3, -0.25) is 9.88 Å². The zero-order chi connectivity index (χ0) is 21.5. The first kappa shape index (κ1) is 22.2. The Kier molecular flexibility index (Phi) is 7.92. The Bertz CT molecular complexity index is 810. The van der Waals surface area contributed by atoms with E-state index < -0.39 is 0 Å². The average Bonchev–Trinajstić information content (AvgIpc) is 2.81. The normalized spacial score (nSPS) is 20.8. The van der Waals surface area contributed by atoms with Gasteiger partial charge in [0.1, 0.15) is 11.6 Å². The summed E-state index contributed by atoms with van der Waals surface area (Å²) in [5, 5.41) is 0. The number of ether oxygens (including phenoxy) is 1. The Morgan fingerprint density at radius 1 is 1.10 bits per heavy atom. The zero-order valence-electron chi connectivity index (χ0n) is 18.8. The first-order valence-corrected chi connectivity index (χ1v) is 11.9. The smallest absolute Gasteiger partial charge is 0.126 e. The van der Waals surface area contributed by atoms with Gasteiger partial charge in [-0.05, 0) is 55.8 Å². The van der Waals surface area contributed by atoms with E-state index >= 15 is 0 Å². The van der Waals surface area contributed by atoms with Crippen molar-refractivity contribution in [2.75, 3.05) is 26.7 Å². The third-order valence-corrected chi connectivity index (χ3v) is 6.93. The number of hydrogen-bond acceptors (Lipinski definition) is 4. The molecule has 5 heteroatoms. The van der Waals surface area contributed by atoms with E-state index in [1.54, 1.807) is 7.11 Å². The first-order chi connectivity index (χ1) is 15.2. The molecule has 0 N–H and O–H groups in total. The Morgan fingerprint density at radius 2 is 1.97 bits per heavy atom. The predicted molar refractivity (Wildman–Crippen MR) is 122 cm³/mol. The van der Waals surface area contributed by atoms with Gasteiger partial charge in [0.05, 0.1) is 7.11 Å². The minimum absolute atomic E-state index is 0.255. The Balaban J connectivity index is 1.46. The highest BCUT2D eigenvalue weighted by atomic mass is 19.1. The van der Waals surface area contributed by atoms with Gasteiger partial charge in [-0.15, -0.1) is 0 Å². The molecule has 0 bridgehead atoms. The molecule has 0 spiro atoms. The van der Waals surface area contributed by atoms with E-state index in [-0.39, 0.29) is 5.82 Å². The van der Waals surface area contributed by atoms with Crippen molar-refractivity contribution in [1.82, 2.24) is 14.8 Å². The third-order valence-electron chi connectivity index (χ3n) is 6.93. The van der Waals surface area contributed by atoms with Crippen LogP contribution >= 0.6 is 0 Å². The fraction of sp³-hybridized carbons (Fsp3) is 0.577. The highest BCUT2D eigenvalue weighted by Crippen LogP contribution is 2.29. The lowest BCUT2D eigenvalue weighted by molar-refractivity contribution is 0.0769. The minimum atomic E-state index is -0.255. The molecule has 4 rings (SSSR count). The van der Waals surface area contributed by atoms with Crippen LogP contribution in [0.4, 0.5) is 4.39 Å². The summed E-state index contributed by atoms with van der Waals surface area (Å²) in [5.74, 6) is 1.04. The van der Waals surface area contributed by atoms with Gasteiger partial charge in [0.15, 0.2) is 0 Å². The maximum Gasteiger partial charge on any atom is 0.126 e. The molecule has 1 saturated carbocycles. The van der Waals surface area contributed by atoms with Crippen LogP contribution in [0.1, 0.15) is 56.1 Å². The maximum atomic E-state index is 13.7. The first-order valence-electron chi connectivity index (χ1n) is 11.9. The summed E-state index contributed by atoms with van der Waals surface area (Å²) in [4.78, 5) is 9.56. The van der Waals surface area contributed by atoms with E-state index in [4.69, 9.17) is 4.74 Å². The lowest BCUT2D eigenvalue weighted by Crippen LogP contribution is -2.46. The van der Waals surface area contributed by atoms with Crippen molar-refractivity contribution in [1.29, 1.82) is 0 Å². The second-order valence-electron chi connectivity index (χ2n) is 9.28. The van der Waals surface area contributed by atoms with Gasteiger partial charge < -0.3 is 9.64 Å². The molecular formula is C26H36FN3O. The van der Waals surface area contributed by atoms with Crippen molar-refractivity contribution in [2.24, 2.45) is 5.92 Å². The Labute approximate surface area is 186 Å². The van der Waals surface area contributed by atoms with Crippen molar-refractivity contribution in [3.8, 4) is 5.75 Å². The van der Waals surface area contributed by atoms with Crippen LogP contribution in [0.5, 0.6) is 5.75 Å². The molecule has 1 saturated heterocycles. The van der Waals surface area contributed by atoms with Crippen LogP contribution in [0.3, 0.4) is 0 Å². The average molecular weight is 426 g/mol. The summed E-state index contributed by atoms with van der Waals surface area (Å²) in [6.07, 6.45) is 13.3. The van der Waals surface area contributed by atoms with Crippen LogP contribution in [0, 0.1) is 11.7 Å². The van der Waals surface area contributed by atoms with Crippen molar-refractivity contribution in [2.45, 2.75) is 64.1 Å². The molecule has 1 unspecified atom stereocenters. The van der Waals surface area contributed by atoms with Gasteiger partial charge in [0.25, 0.3) is 0 Å². The topological polar surface area (TPSA) is 28.6 Å². The van der Waals surface area contributed by atoms with E-state index in [0.29, 0.717) is 11.7 Å². The molecule has 0 amide bonds. The fourth-order valence-corrected chi connectivity index (χ4v) is 5.41. The molecule has 0 radical (unpaired) electrons. The molecule has 1 aliphatic heterocycles. The molecule has 1 aliphatic carbocycles. The highest BCUT2D eigenvalue weighted by molar-refractivity contribution is 5.34. The largest absolute Gasteiger partial charge is 0.496 e. The summed E-state index contributed by atoms with van der Waals surface area (Å²) >= 11 is 0. The molecule has 4 nitrogen and oxygen atoms in total. The van der Waals surface area contributed by atoms with Crippen molar-refractivity contribution < 1.29 is 9.13 Å². The number of hydrogen-bond donors (Lipinski definition) is 0. The van der Waals surface area contributed by atoms with Crippen LogP contribution < -0.4 is 4.74 Å². The number of nitrogens with zero attached hydrogens (tertiary/aromatic N) is 3. The van der Waals surface area contributed by atoms with Gasteiger partial charge in [-0.1, -0.05) is 31.4 Å². The van der Waals surface area contributed by atoms with Crippen molar-refractivity contribution >= 4 is 0 Å². The van der Waals surface area contributed by atoms with Crippen LogP contribution in [-0.4, -0.2) is 47.6 Å². The molecule has 1 aromatic heterocycles. The molecule has 2 heterocycles. The number of piperidine rings is 1. The molecular weight excluding hydrogens is 389 g/mol. The van der Waals surface area contributed by atoms with Gasteiger partial charge in [-0.25, -0.2) is 4.39 Å². The van der Waals surface area contributed by atoms with Crippen LogP contribution in [-0.2, 0) is 13.1 Å². The highest BCUT2D eigenvalue weighted by Gasteiger charge is 2.28. The standard InChI is InChI=1S/C26H36FN3O/c1-31-26-15-24(27)12-11-23(26)20-29(17-21-7-5-13-28-16-21)18-22-8-6-14-30(19-22)25-9-3-2-4-10-25/h5,7,11-13,15-16,22,25H,2-4,6,8-10,14,17-20H2,1H3. The van der Waals surface area contributed by atoms with Crippen molar-refractivity contribution in [3.05, 3.63) is 59.7 Å². The number of halogens is 1. The van der Waals surface area contributed by atoms with E-state index in [2.05, 4.69) is 20.9 Å². The molecule has 168 valence electrons. The number of methoxy groups -OCH3 is 1. The van der Waals surface area contributed by atoms with E-state index in [1.165, 1.54) is 75.7 Å². The lowest BCUT2D eigenvalue weighted by atomic mass is 9.90. The lowest BCUT2D eigenvalue weighted by Gasteiger charge is -2.41. The number of benzene rings is 1. The quantitative estimate of drug-likeness (QED) is 0.576. The van der Waals surface area contributed by atoms with Crippen molar-refractivity contribution in [3.63, 3.8) is 0 Å². The fourth-order valence-electron chi connectivity index (χ4n) is 5.41. The number of rotatable bonds is 8. The van der Waals surface area contributed by atoms with Crippen LogP contribution in [0.15, 0.2) is 42.7 Å².